The van der Waals surface area contributed by atoms with Gasteiger partial charge in [0, 0.05) is 12.4 Å². The maximum Gasteiger partial charge on any atom is 0.0594 e. The molecule has 1 aromatic heterocycles. The molecule has 1 N–H and O–H groups in total. The monoisotopic (exact) mass is 179 g/mol. The molecule has 0 radical (unpaired) electrons. The Morgan fingerprint density at radius 2 is 2.15 bits per heavy atom. The Kier molecular flexibility index (Phi) is 3.04. The number of aryl methyl sites for hydroxylation is 2. The van der Waals surface area contributed by atoms with Crippen molar-refractivity contribution >= 4 is 0 Å². The van der Waals surface area contributed by atoms with Crippen LogP contribution in [0.15, 0.2) is 18.5 Å². The number of aromatic nitrogens is 1. The minimum Gasteiger partial charge on any atom is -0.390 e. The zero-order valence-electron chi connectivity index (χ0n) is 8.54. The SMILES string of the molecule is Cc1cnccc1CCC(C)(C)O. The van der Waals surface area contributed by atoms with E-state index in [1.54, 1.807) is 6.20 Å². The highest BCUT2D eigenvalue weighted by atomic mass is 16.3. The third kappa shape index (κ3) is 3.55. The van der Waals surface area contributed by atoms with Crippen LogP contribution >= 0.6 is 0 Å². The molecule has 13 heavy (non-hydrogen) atoms. The second-order valence-electron chi connectivity index (χ2n) is 4.11. The molecule has 0 bridgehead atoms. The van der Waals surface area contributed by atoms with Gasteiger partial charge in [-0.25, -0.2) is 0 Å². The second-order valence-corrected chi connectivity index (χ2v) is 4.11. The molecule has 1 aromatic rings. The van der Waals surface area contributed by atoms with Crippen LogP contribution in [0.5, 0.6) is 0 Å². The minimum absolute atomic E-state index is 0.574. The fourth-order valence-corrected chi connectivity index (χ4v) is 1.22. The summed E-state index contributed by atoms with van der Waals surface area (Å²) in [6.07, 6.45) is 5.36. The van der Waals surface area contributed by atoms with Crippen molar-refractivity contribution in [1.82, 2.24) is 4.98 Å². The fourth-order valence-electron chi connectivity index (χ4n) is 1.22. The van der Waals surface area contributed by atoms with Crippen molar-refractivity contribution in [2.45, 2.75) is 39.2 Å². The molecule has 0 unspecified atom stereocenters. The Hall–Kier alpha value is -0.890. The summed E-state index contributed by atoms with van der Waals surface area (Å²) in [5.41, 5.74) is 1.90. The van der Waals surface area contributed by atoms with Gasteiger partial charge in [0.2, 0.25) is 0 Å². The Morgan fingerprint density at radius 3 is 2.69 bits per heavy atom. The van der Waals surface area contributed by atoms with Gasteiger partial charge in [-0.05, 0) is 50.8 Å². The molecule has 1 rings (SSSR count). The Bertz CT molecular complexity index is 276. The van der Waals surface area contributed by atoms with Crippen molar-refractivity contribution in [3.63, 3.8) is 0 Å². The van der Waals surface area contributed by atoms with Crippen LogP contribution in [0, 0.1) is 6.92 Å². The predicted molar refractivity (Wildman–Crippen MR) is 53.6 cm³/mol. The van der Waals surface area contributed by atoms with Crippen LogP contribution in [0.3, 0.4) is 0 Å². The topological polar surface area (TPSA) is 33.1 Å². The molecule has 0 amide bonds. The molecule has 0 saturated carbocycles. The van der Waals surface area contributed by atoms with Gasteiger partial charge in [-0.15, -0.1) is 0 Å². The van der Waals surface area contributed by atoms with Crippen LogP contribution in [-0.2, 0) is 6.42 Å². The molecule has 0 fully saturated rings. The summed E-state index contributed by atoms with van der Waals surface area (Å²) in [6.45, 7) is 5.72. The molecule has 2 nitrogen and oxygen atoms in total. The third-order valence-corrected chi connectivity index (χ3v) is 2.14. The van der Waals surface area contributed by atoms with E-state index in [0.29, 0.717) is 0 Å². The molecule has 72 valence electrons. The van der Waals surface area contributed by atoms with E-state index in [0.717, 1.165) is 12.8 Å². The molecule has 0 aliphatic rings. The molecule has 2 heteroatoms. The maximum atomic E-state index is 9.55. The fraction of sp³-hybridized carbons (Fsp3) is 0.545. The lowest BCUT2D eigenvalue weighted by Crippen LogP contribution is -2.19. The van der Waals surface area contributed by atoms with Gasteiger partial charge >= 0.3 is 0 Å². The van der Waals surface area contributed by atoms with Crippen LogP contribution in [0.1, 0.15) is 31.4 Å². The van der Waals surface area contributed by atoms with Crippen LogP contribution in [-0.4, -0.2) is 15.7 Å². The van der Waals surface area contributed by atoms with E-state index in [9.17, 15) is 5.11 Å². The number of pyridine rings is 1. The second kappa shape index (κ2) is 3.88. The van der Waals surface area contributed by atoms with Gasteiger partial charge in [-0.1, -0.05) is 0 Å². The van der Waals surface area contributed by atoms with E-state index in [1.807, 2.05) is 33.0 Å². The molecule has 0 aliphatic carbocycles. The smallest absolute Gasteiger partial charge is 0.0594 e. The summed E-state index contributed by atoms with van der Waals surface area (Å²) in [5.74, 6) is 0. The summed E-state index contributed by atoms with van der Waals surface area (Å²) in [5, 5.41) is 9.55. The first-order chi connectivity index (χ1) is 5.99. The summed E-state index contributed by atoms with van der Waals surface area (Å²) >= 11 is 0. The van der Waals surface area contributed by atoms with Crippen LogP contribution < -0.4 is 0 Å². The Labute approximate surface area is 79.6 Å². The van der Waals surface area contributed by atoms with Crippen LogP contribution in [0.25, 0.3) is 0 Å². The quantitative estimate of drug-likeness (QED) is 0.770. The van der Waals surface area contributed by atoms with Crippen molar-refractivity contribution in [3.05, 3.63) is 29.6 Å². The van der Waals surface area contributed by atoms with Crippen LogP contribution in [0.2, 0.25) is 0 Å². The van der Waals surface area contributed by atoms with Crippen molar-refractivity contribution in [3.8, 4) is 0 Å². The lowest BCUT2D eigenvalue weighted by molar-refractivity contribution is 0.0713. The molecule has 0 aromatic carbocycles. The zero-order valence-corrected chi connectivity index (χ0v) is 8.54. The van der Waals surface area contributed by atoms with E-state index < -0.39 is 5.60 Å². The molecule has 1 heterocycles. The Morgan fingerprint density at radius 1 is 1.46 bits per heavy atom. The summed E-state index contributed by atoms with van der Waals surface area (Å²) in [6, 6.07) is 2.01. The highest BCUT2D eigenvalue weighted by Crippen LogP contribution is 2.14. The van der Waals surface area contributed by atoms with Gasteiger partial charge in [-0.3, -0.25) is 4.98 Å². The number of aliphatic hydroxyl groups is 1. The highest BCUT2D eigenvalue weighted by molar-refractivity contribution is 5.21. The van der Waals surface area contributed by atoms with E-state index in [2.05, 4.69) is 4.98 Å². The van der Waals surface area contributed by atoms with Crippen molar-refractivity contribution in [1.29, 1.82) is 0 Å². The first-order valence-electron chi connectivity index (χ1n) is 4.61. The average molecular weight is 179 g/mol. The number of hydrogen-bond donors (Lipinski definition) is 1. The van der Waals surface area contributed by atoms with Gasteiger partial charge in [0.05, 0.1) is 5.60 Å². The van der Waals surface area contributed by atoms with E-state index in [-0.39, 0.29) is 0 Å². The van der Waals surface area contributed by atoms with Gasteiger partial charge in [0.1, 0.15) is 0 Å². The third-order valence-electron chi connectivity index (χ3n) is 2.14. The van der Waals surface area contributed by atoms with Gasteiger partial charge in [0.25, 0.3) is 0 Å². The number of rotatable bonds is 3. The van der Waals surface area contributed by atoms with Crippen molar-refractivity contribution < 1.29 is 5.11 Å². The van der Waals surface area contributed by atoms with E-state index in [4.69, 9.17) is 0 Å². The standard InChI is InChI=1S/C11H17NO/c1-9-8-12-7-5-10(9)4-6-11(2,3)13/h5,7-8,13H,4,6H2,1-3H3. The van der Waals surface area contributed by atoms with Gasteiger partial charge in [-0.2, -0.15) is 0 Å². The molecular formula is C11H17NO. The lowest BCUT2D eigenvalue weighted by atomic mass is 9.97. The molecular weight excluding hydrogens is 162 g/mol. The van der Waals surface area contributed by atoms with E-state index in [1.165, 1.54) is 11.1 Å². The maximum absolute atomic E-state index is 9.55. The molecule has 0 aliphatic heterocycles. The highest BCUT2D eigenvalue weighted by Gasteiger charge is 2.12. The summed E-state index contributed by atoms with van der Waals surface area (Å²) in [4.78, 5) is 4.03. The average Bonchev–Trinajstić information content (AvgIpc) is 2.01. The lowest BCUT2D eigenvalue weighted by Gasteiger charge is -2.17. The first-order valence-corrected chi connectivity index (χ1v) is 4.61. The largest absolute Gasteiger partial charge is 0.390 e. The first kappa shape index (κ1) is 10.2. The molecule has 0 atom stereocenters. The minimum atomic E-state index is -0.574. The van der Waals surface area contributed by atoms with E-state index >= 15 is 0 Å². The van der Waals surface area contributed by atoms with Gasteiger partial charge < -0.3 is 5.11 Å². The predicted octanol–water partition coefficient (Wildman–Crippen LogP) is 2.09. The van der Waals surface area contributed by atoms with Crippen molar-refractivity contribution in [2.24, 2.45) is 0 Å². The zero-order chi connectivity index (χ0) is 9.90. The molecule has 0 saturated heterocycles. The molecule has 0 spiro atoms. The summed E-state index contributed by atoms with van der Waals surface area (Å²) in [7, 11) is 0. The Balaban J connectivity index is 2.60. The van der Waals surface area contributed by atoms with Crippen molar-refractivity contribution in [2.75, 3.05) is 0 Å². The number of nitrogens with zero attached hydrogens (tertiary/aromatic N) is 1. The van der Waals surface area contributed by atoms with Gasteiger partial charge in [0.15, 0.2) is 0 Å². The van der Waals surface area contributed by atoms with Crippen LogP contribution in [0.4, 0.5) is 0 Å². The normalized spacial score (nSPS) is 11.7. The summed E-state index contributed by atoms with van der Waals surface area (Å²) < 4.78 is 0. The number of hydrogen-bond acceptors (Lipinski definition) is 2.